The molecule has 0 radical (unpaired) electrons. The Bertz CT molecular complexity index is 468. The van der Waals surface area contributed by atoms with Gasteiger partial charge in [0.25, 0.3) is 0 Å². The summed E-state index contributed by atoms with van der Waals surface area (Å²) in [5.74, 6) is 1.42. The number of likely N-dealkylation sites (tertiary alicyclic amines) is 1. The van der Waals surface area contributed by atoms with Crippen LogP contribution in [0.3, 0.4) is 0 Å². The number of amides is 2. The van der Waals surface area contributed by atoms with Gasteiger partial charge in [0.05, 0.1) is 0 Å². The Hall–Kier alpha value is -1.91. The average Bonchev–Trinajstić information content (AvgIpc) is 2.71. The number of benzene rings is 1. The van der Waals surface area contributed by atoms with Gasteiger partial charge in [0.15, 0.2) is 11.5 Å². The first-order valence-corrected chi connectivity index (χ1v) is 6.78. The third-order valence-electron chi connectivity index (χ3n) is 3.52. The lowest BCUT2D eigenvalue weighted by Crippen LogP contribution is -2.35. The van der Waals surface area contributed by atoms with Gasteiger partial charge in [-0.2, -0.15) is 0 Å². The van der Waals surface area contributed by atoms with Crippen molar-refractivity contribution in [3.8, 4) is 11.5 Å². The number of rotatable bonds is 1. The van der Waals surface area contributed by atoms with Crippen molar-refractivity contribution in [3.05, 3.63) is 18.2 Å². The number of carbonyl (C=O) groups excluding carboxylic acids is 1. The fourth-order valence-electron chi connectivity index (χ4n) is 2.45. The highest BCUT2D eigenvalue weighted by molar-refractivity contribution is 5.89. The molecule has 0 saturated carbocycles. The number of urea groups is 1. The van der Waals surface area contributed by atoms with Crippen LogP contribution in [-0.2, 0) is 0 Å². The molecule has 1 saturated heterocycles. The van der Waals surface area contributed by atoms with E-state index in [0.29, 0.717) is 5.75 Å². The van der Waals surface area contributed by atoms with Crippen LogP contribution in [0.5, 0.6) is 11.5 Å². The number of anilines is 1. The molecular weight excluding hydrogens is 244 g/mol. The van der Waals surface area contributed by atoms with E-state index in [9.17, 15) is 4.79 Å². The topological polar surface area (TPSA) is 50.8 Å². The third kappa shape index (κ3) is 2.75. The molecule has 102 valence electrons. The number of hydrogen-bond acceptors (Lipinski definition) is 3. The van der Waals surface area contributed by atoms with Gasteiger partial charge in [-0.3, -0.25) is 0 Å². The molecule has 1 N–H and O–H groups in total. The first-order chi connectivity index (χ1) is 9.33. The molecule has 0 aliphatic carbocycles. The lowest BCUT2D eigenvalue weighted by molar-refractivity contribution is 0.174. The minimum Gasteiger partial charge on any atom is -0.454 e. The Morgan fingerprint density at radius 2 is 1.79 bits per heavy atom. The smallest absolute Gasteiger partial charge is 0.321 e. The van der Waals surface area contributed by atoms with Crippen LogP contribution < -0.4 is 14.8 Å². The Morgan fingerprint density at radius 1 is 1.05 bits per heavy atom. The Labute approximate surface area is 112 Å². The number of nitrogens with one attached hydrogen (secondary N) is 1. The monoisotopic (exact) mass is 262 g/mol. The van der Waals surface area contributed by atoms with E-state index in [2.05, 4.69) is 5.32 Å². The molecule has 2 heterocycles. The second kappa shape index (κ2) is 5.38. The quantitative estimate of drug-likeness (QED) is 0.846. The zero-order valence-electron chi connectivity index (χ0n) is 10.9. The number of nitrogens with zero attached hydrogens (tertiary/aromatic N) is 1. The van der Waals surface area contributed by atoms with Gasteiger partial charge in [0, 0.05) is 24.8 Å². The van der Waals surface area contributed by atoms with Crippen molar-refractivity contribution < 1.29 is 14.3 Å². The van der Waals surface area contributed by atoms with Crippen molar-refractivity contribution in [2.45, 2.75) is 25.7 Å². The molecule has 1 aromatic rings. The molecule has 2 aliphatic heterocycles. The first-order valence-electron chi connectivity index (χ1n) is 6.78. The number of fused-ring (bicyclic) bond motifs is 1. The molecule has 0 unspecified atom stereocenters. The molecule has 0 aromatic heterocycles. The van der Waals surface area contributed by atoms with Crippen LogP contribution in [0.2, 0.25) is 0 Å². The summed E-state index contributed by atoms with van der Waals surface area (Å²) in [6, 6.07) is 5.43. The Balaban J connectivity index is 1.65. The largest absolute Gasteiger partial charge is 0.454 e. The second-order valence-electron chi connectivity index (χ2n) is 4.90. The van der Waals surface area contributed by atoms with Crippen molar-refractivity contribution in [2.75, 3.05) is 25.2 Å². The summed E-state index contributed by atoms with van der Waals surface area (Å²) in [4.78, 5) is 14.0. The lowest BCUT2D eigenvalue weighted by Gasteiger charge is -2.20. The van der Waals surface area contributed by atoms with Crippen LogP contribution in [0.25, 0.3) is 0 Å². The van der Waals surface area contributed by atoms with Gasteiger partial charge in [-0.05, 0) is 25.0 Å². The molecular formula is C14H18N2O3. The summed E-state index contributed by atoms with van der Waals surface area (Å²) in [5.41, 5.74) is 0.749. The van der Waals surface area contributed by atoms with Crippen molar-refractivity contribution in [1.82, 2.24) is 4.90 Å². The van der Waals surface area contributed by atoms with E-state index in [1.54, 1.807) is 6.07 Å². The molecule has 2 aliphatic rings. The molecule has 3 rings (SSSR count). The molecule has 0 atom stereocenters. The van der Waals surface area contributed by atoms with Gasteiger partial charge < -0.3 is 19.7 Å². The Kier molecular flexibility index (Phi) is 3.44. The fraction of sp³-hybridized carbons (Fsp3) is 0.500. The van der Waals surface area contributed by atoms with Crippen LogP contribution in [0.15, 0.2) is 18.2 Å². The highest BCUT2D eigenvalue weighted by atomic mass is 16.7. The molecule has 0 spiro atoms. The normalized spacial score (nSPS) is 18.0. The average molecular weight is 262 g/mol. The maximum absolute atomic E-state index is 12.2. The standard InChI is InChI=1S/C14H18N2O3/c17-14(16-7-3-1-2-4-8-16)15-11-5-6-12-13(9-11)19-10-18-12/h5-6,9H,1-4,7-8,10H2,(H,15,17). The van der Waals surface area contributed by atoms with Crippen molar-refractivity contribution in [2.24, 2.45) is 0 Å². The Morgan fingerprint density at radius 3 is 2.58 bits per heavy atom. The van der Waals surface area contributed by atoms with Gasteiger partial charge in [0.2, 0.25) is 6.79 Å². The van der Waals surface area contributed by atoms with Gasteiger partial charge in [-0.15, -0.1) is 0 Å². The zero-order chi connectivity index (χ0) is 13.1. The van der Waals surface area contributed by atoms with Gasteiger partial charge >= 0.3 is 6.03 Å². The SMILES string of the molecule is O=C(Nc1ccc2c(c1)OCO2)N1CCCCCC1. The summed E-state index contributed by atoms with van der Waals surface area (Å²) >= 11 is 0. The van der Waals surface area contributed by atoms with Crippen LogP contribution in [0, 0.1) is 0 Å². The van der Waals surface area contributed by atoms with Crippen LogP contribution in [0.4, 0.5) is 10.5 Å². The molecule has 2 amide bonds. The summed E-state index contributed by atoms with van der Waals surface area (Å²) in [6.07, 6.45) is 4.62. The molecule has 1 aromatic carbocycles. The molecule has 19 heavy (non-hydrogen) atoms. The maximum Gasteiger partial charge on any atom is 0.321 e. The third-order valence-corrected chi connectivity index (χ3v) is 3.52. The summed E-state index contributed by atoms with van der Waals surface area (Å²) < 4.78 is 10.5. The summed E-state index contributed by atoms with van der Waals surface area (Å²) in [6.45, 7) is 1.94. The van der Waals surface area contributed by atoms with Crippen molar-refractivity contribution >= 4 is 11.7 Å². The van der Waals surface area contributed by atoms with Gasteiger partial charge in [-0.25, -0.2) is 4.79 Å². The highest BCUT2D eigenvalue weighted by Gasteiger charge is 2.17. The molecule has 5 heteroatoms. The van der Waals surface area contributed by atoms with E-state index in [4.69, 9.17) is 9.47 Å². The minimum atomic E-state index is -0.0271. The van der Waals surface area contributed by atoms with E-state index in [1.807, 2.05) is 17.0 Å². The first kappa shape index (κ1) is 12.1. The van der Waals surface area contributed by atoms with E-state index < -0.39 is 0 Å². The summed E-state index contributed by atoms with van der Waals surface area (Å²) in [7, 11) is 0. The summed E-state index contributed by atoms with van der Waals surface area (Å²) in [5, 5.41) is 2.92. The molecule has 0 bridgehead atoms. The number of ether oxygens (including phenoxy) is 2. The van der Waals surface area contributed by atoms with Crippen LogP contribution in [-0.4, -0.2) is 30.8 Å². The predicted molar refractivity (Wildman–Crippen MR) is 71.6 cm³/mol. The van der Waals surface area contributed by atoms with Gasteiger partial charge in [-0.1, -0.05) is 12.8 Å². The predicted octanol–water partition coefficient (Wildman–Crippen LogP) is 2.82. The minimum absolute atomic E-state index is 0.0271. The van der Waals surface area contributed by atoms with E-state index in [0.717, 1.165) is 37.4 Å². The highest BCUT2D eigenvalue weighted by Crippen LogP contribution is 2.34. The van der Waals surface area contributed by atoms with E-state index in [1.165, 1.54) is 12.8 Å². The van der Waals surface area contributed by atoms with Crippen LogP contribution in [0.1, 0.15) is 25.7 Å². The van der Waals surface area contributed by atoms with E-state index in [-0.39, 0.29) is 12.8 Å². The zero-order valence-corrected chi connectivity index (χ0v) is 10.9. The second-order valence-corrected chi connectivity index (χ2v) is 4.90. The maximum atomic E-state index is 12.2. The van der Waals surface area contributed by atoms with E-state index >= 15 is 0 Å². The van der Waals surface area contributed by atoms with Gasteiger partial charge in [0.1, 0.15) is 0 Å². The van der Waals surface area contributed by atoms with Crippen LogP contribution >= 0.6 is 0 Å². The van der Waals surface area contributed by atoms with Crippen molar-refractivity contribution in [1.29, 1.82) is 0 Å². The molecule has 5 nitrogen and oxygen atoms in total. The number of carbonyl (C=O) groups is 1. The number of hydrogen-bond donors (Lipinski definition) is 1. The van der Waals surface area contributed by atoms with Crippen molar-refractivity contribution in [3.63, 3.8) is 0 Å². The lowest BCUT2D eigenvalue weighted by atomic mass is 10.2. The fourth-order valence-corrected chi connectivity index (χ4v) is 2.45. The molecule has 1 fully saturated rings.